The lowest BCUT2D eigenvalue weighted by molar-refractivity contribution is 0.321. The van der Waals surface area contributed by atoms with Gasteiger partial charge in [0.15, 0.2) is 18.1 Å². The van der Waals surface area contributed by atoms with E-state index in [-0.39, 0.29) is 6.61 Å². The van der Waals surface area contributed by atoms with Crippen molar-refractivity contribution in [2.24, 2.45) is 5.16 Å². The number of hydrogen-bond donors (Lipinski definition) is 1. The molecule has 0 heterocycles. The van der Waals surface area contributed by atoms with Gasteiger partial charge in [-0.25, -0.2) is 0 Å². The fourth-order valence-electron chi connectivity index (χ4n) is 1.06. The molecule has 0 aliphatic heterocycles. The minimum absolute atomic E-state index is 0.0379. The molecule has 0 unspecified atom stereocenters. The van der Waals surface area contributed by atoms with Gasteiger partial charge in [-0.1, -0.05) is 5.16 Å². The predicted molar refractivity (Wildman–Crippen MR) is 53.5 cm³/mol. The first-order chi connectivity index (χ1) is 7.31. The van der Waals surface area contributed by atoms with Crippen LogP contribution in [0, 0.1) is 11.3 Å². The molecule has 0 fully saturated rings. The van der Waals surface area contributed by atoms with Crippen molar-refractivity contribution in [1.82, 2.24) is 0 Å². The lowest BCUT2D eigenvalue weighted by Crippen LogP contribution is -1.97. The quantitative estimate of drug-likeness (QED) is 0.459. The highest BCUT2D eigenvalue weighted by Gasteiger charge is 2.04. The summed E-state index contributed by atoms with van der Waals surface area (Å²) in [6.45, 7) is -0.0379. The first-order valence-electron chi connectivity index (χ1n) is 4.17. The SMILES string of the molecule is COc1cc(C=NO)ccc1OCC#N. The van der Waals surface area contributed by atoms with Crippen LogP contribution < -0.4 is 9.47 Å². The van der Waals surface area contributed by atoms with Crippen LogP contribution in [0.15, 0.2) is 23.4 Å². The number of benzene rings is 1. The maximum Gasteiger partial charge on any atom is 0.174 e. The van der Waals surface area contributed by atoms with Gasteiger partial charge < -0.3 is 14.7 Å². The topological polar surface area (TPSA) is 74.8 Å². The van der Waals surface area contributed by atoms with Gasteiger partial charge in [0.25, 0.3) is 0 Å². The molecule has 78 valence electrons. The third kappa shape index (κ3) is 2.88. The van der Waals surface area contributed by atoms with Crippen LogP contribution in [-0.2, 0) is 0 Å². The third-order valence-electron chi connectivity index (χ3n) is 1.69. The second kappa shape index (κ2) is 5.50. The van der Waals surface area contributed by atoms with E-state index in [9.17, 15) is 0 Å². The van der Waals surface area contributed by atoms with Gasteiger partial charge in [0.2, 0.25) is 0 Å². The van der Waals surface area contributed by atoms with Crippen molar-refractivity contribution < 1.29 is 14.7 Å². The van der Waals surface area contributed by atoms with Gasteiger partial charge in [0, 0.05) is 5.56 Å². The second-order valence-corrected chi connectivity index (χ2v) is 2.60. The largest absolute Gasteiger partial charge is 0.493 e. The van der Waals surface area contributed by atoms with Gasteiger partial charge in [0.1, 0.15) is 6.07 Å². The lowest BCUT2D eigenvalue weighted by atomic mass is 10.2. The van der Waals surface area contributed by atoms with E-state index < -0.39 is 0 Å². The number of oxime groups is 1. The Hall–Kier alpha value is -2.22. The predicted octanol–water partition coefficient (Wildman–Crippen LogP) is 1.41. The van der Waals surface area contributed by atoms with Crippen molar-refractivity contribution in [3.63, 3.8) is 0 Å². The molecule has 0 atom stereocenters. The van der Waals surface area contributed by atoms with Crippen LogP contribution in [-0.4, -0.2) is 25.1 Å². The molecule has 15 heavy (non-hydrogen) atoms. The van der Waals surface area contributed by atoms with Gasteiger partial charge >= 0.3 is 0 Å². The smallest absolute Gasteiger partial charge is 0.174 e. The summed E-state index contributed by atoms with van der Waals surface area (Å²) in [4.78, 5) is 0. The number of nitriles is 1. The van der Waals surface area contributed by atoms with E-state index >= 15 is 0 Å². The summed E-state index contributed by atoms with van der Waals surface area (Å²) >= 11 is 0. The van der Waals surface area contributed by atoms with Crippen LogP contribution in [0.5, 0.6) is 11.5 Å². The van der Waals surface area contributed by atoms with Crippen molar-refractivity contribution >= 4 is 6.21 Å². The third-order valence-corrected chi connectivity index (χ3v) is 1.69. The Balaban J connectivity index is 2.94. The number of ether oxygens (including phenoxy) is 2. The van der Waals surface area contributed by atoms with E-state index in [1.165, 1.54) is 13.3 Å². The first kappa shape index (κ1) is 10.9. The zero-order valence-electron chi connectivity index (χ0n) is 8.17. The molecule has 0 aliphatic carbocycles. The summed E-state index contributed by atoms with van der Waals surface area (Å²) in [6.07, 6.45) is 1.27. The Kier molecular flexibility index (Phi) is 3.98. The van der Waals surface area contributed by atoms with E-state index in [0.717, 1.165) is 0 Å². The summed E-state index contributed by atoms with van der Waals surface area (Å²) in [5, 5.41) is 19.6. The zero-order valence-corrected chi connectivity index (χ0v) is 8.17. The Labute approximate surface area is 87.2 Å². The molecule has 0 aliphatic rings. The normalized spacial score (nSPS) is 9.87. The van der Waals surface area contributed by atoms with Crippen LogP contribution in [0.1, 0.15) is 5.56 Å². The van der Waals surface area contributed by atoms with Gasteiger partial charge in [-0.2, -0.15) is 5.26 Å². The number of hydrogen-bond acceptors (Lipinski definition) is 5. The summed E-state index contributed by atoms with van der Waals surface area (Å²) in [6, 6.07) is 6.84. The molecule has 1 rings (SSSR count). The molecule has 0 saturated carbocycles. The molecule has 0 bridgehead atoms. The van der Waals surface area contributed by atoms with Crippen LogP contribution in [0.4, 0.5) is 0 Å². The Bertz CT molecular complexity index is 396. The van der Waals surface area contributed by atoms with Crippen LogP contribution in [0.3, 0.4) is 0 Å². The molecule has 5 heteroatoms. The van der Waals surface area contributed by atoms with Crippen LogP contribution in [0.2, 0.25) is 0 Å². The van der Waals surface area contributed by atoms with Crippen LogP contribution >= 0.6 is 0 Å². The van der Waals surface area contributed by atoms with Gasteiger partial charge in [-0.15, -0.1) is 0 Å². The lowest BCUT2D eigenvalue weighted by Gasteiger charge is -2.08. The summed E-state index contributed by atoms with van der Waals surface area (Å²) < 4.78 is 10.2. The van der Waals surface area contributed by atoms with E-state index in [1.807, 2.05) is 6.07 Å². The number of rotatable bonds is 4. The average molecular weight is 206 g/mol. The fourth-order valence-corrected chi connectivity index (χ4v) is 1.06. The van der Waals surface area contributed by atoms with Gasteiger partial charge in [0.05, 0.1) is 13.3 Å². The van der Waals surface area contributed by atoms with E-state index in [1.54, 1.807) is 18.2 Å². The summed E-state index contributed by atoms with van der Waals surface area (Å²) in [5.41, 5.74) is 0.679. The number of nitrogens with zero attached hydrogens (tertiary/aromatic N) is 2. The second-order valence-electron chi connectivity index (χ2n) is 2.60. The number of methoxy groups -OCH3 is 1. The van der Waals surface area contributed by atoms with Crippen molar-refractivity contribution in [2.75, 3.05) is 13.7 Å². The minimum Gasteiger partial charge on any atom is -0.493 e. The molecule has 0 saturated heterocycles. The highest BCUT2D eigenvalue weighted by Crippen LogP contribution is 2.27. The molecule has 1 N–H and O–H groups in total. The molecular weight excluding hydrogens is 196 g/mol. The Morgan fingerprint density at radius 3 is 2.93 bits per heavy atom. The highest BCUT2D eigenvalue weighted by molar-refractivity contribution is 5.80. The Morgan fingerprint density at radius 1 is 1.53 bits per heavy atom. The maximum absolute atomic E-state index is 8.36. The van der Waals surface area contributed by atoms with Crippen molar-refractivity contribution in [1.29, 1.82) is 5.26 Å². The van der Waals surface area contributed by atoms with E-state index in [2.05, 4.69) is 5.16 Å². The molecule has 0 amide bonds. The molecule has 1 aromatic carbocycles. The molecule has 0 aromatic heterocycles. The van der Waals surface area contributed by atoms with Crippen LogP contribution in [0.25, 0.3) is 0 Å². The molecule has 1 aromatic rings. The average Bonchev–Trinajstić information content (AvgIpc) is 2.27. The molecule has 5 nitrogen and oxygen atoms in total. The summed E-state index contributed by atoms with van der Waals surface area (Å²) in [7, 11) is 1.49. The summed E-state index contributed by atoms with van der Waals surface area (Å²) in [5.74, 6) is 0.969. The van der Waals surface area contributed by atoms with Crippen molar-refractivity contribution in [3.05, 3.63) is 23.8 Å². The zero-order chi connectivity index (χ0) is 11.1. The standard InChI is InChI=1S/C10H10N2O3/c1-14-10-6-8(7-12-13)2-3-9(10)15-5-4-11/h2-3,6-7,13H,5H2,1H3. The Morgan fingerprint density at radius 2 is 2.33 bits per heavy atom. The fraction of sp³-hybridized carbons (Fsp3) is 0.200. The van der Waals surface area contributed by atoms with Gasteiger partial charge in [-0.05, 0) is 18.2 Å². The monoisotopic (exact) mass is 206 g/mol. The molecule has 0 radical (unpaired) electrons. The minimum atomic E-state index is -0.0379. The molecule has 0 spiro atoms. The highest BCUT2D eigenvalue weighted by atomic mass is 16.5. The van der Waals surface area contributed by atoms with Crippen molar-refractivity contribution in [2.45, 2.75) is 0 Å². The maximum atomic E-state index is 8.36. The van der Waals surface area contributed by atoms with E-state index in [4.69, 9.17) is 19.9 Å². The first-order valence-corrected chi connectivity index (χ1v) is 4.17. The van der Waals surface area contributed by atoms with E-state index in [0.29, 0.717) is 17.1 Å². The molecular formula is C10H10N2O3. The van der Waals surface area contributed by atoms with Gasteiger partial charge in [-0.3, -0.25) is 0 Å². The van der Waals surface area contributed by atoms with Crippen molar-refractivity contribution in [3.8, 4) is 17.6 Å².